The first-order chi connectivity index (χ1) is 8.97. The number of amides is 3. The maximum absolute atomic E-state index is 11.6. The van der Waals surface area contributed by atoms with Gasteiger partial charge in [-0.05, 0) is 12.8 Å². The highest BCUT2D eigenvalue weighted by Crippen LogP contribution is 1.98. The zero-order valence-electron chi connectivity index (χ0n) is 11.6. The first-order valence-corrected chi connectivity index (χ1v) is 6.38. The summed E-state index contributed by atoms with van der Waals surface area (Å²) in [5.74, 6) is -0.897. The number of carboxylic acids is 1. The van der Waals surface area contributed by atoms with Gasteiger partial charge in [0.1, 0.15) is 0 Å². The summed E-state index contributed by atoms with van der Waals surface area (Å²) in [5.41, 5.74) is 0. The summed E-state index contributed by atoms with van der Waals surface area (Å²) in [6.07, 6.45) is 2.59. The van der Waals surface area contributed by atoms with Crippen LogP contribution in [-0.4, -0.2) is 55.1 Å². The molecular weight excluding hydrogens is 250 g/mol. The van der Waals surface area contributed by atoms with E-state index < -0.39 is 5.97 Å². The molecule has 0 aliphatic rings. The lowest BCUT2D eigenvalue weighted by atomic mass is 10.2. The van der Waals surface area contributed by atoms with E-state index in [0.717, 1.165) is 12.8 Å². The summed E-state index contributed by atoms with van der Waals surface area (Å²) in [4.78, 5) is 34.3. The minimum absolute atomic E-state index is 0.103. The van der Waals surface area contributed by atoms with Crippen LogP contribution >= 0.6 is 0 Å². The number of hydrogen-bond acceptors (Lipinski definition) is 3. The van der Waals surface area contributed by atoms with E-state index in [1.807, 2.05) is 0 Å². The van der Waals surface area contributed by atoms with E-state index in [-0.39, 0.29) is 24.8 Å². The number of aliphatic carboxylic acids is 1. The van der Waals surface area contributed by atoms with Gasteiger partial charge in [0, 0.05) is 40.0 Å². The third-order valence-electron chi connectivity index (χ3n) is 2.64. The molecule has 3 amide bonds. The van der Waals surface area contributed by atoms with Crippen molar-refractivity contribution in [2.75, 3.05) is 27.2 Å². The summed E-state index contributed by atoms with van der Waals surface area (Å²) in [7, 11) is 3.18. The Morgan fingerprint density at radius 2 is 1.79 bits per heavy atom. The Hall–Kier alpha value is -1.79. The van der Waals surface area contributed by atoms with Crippen LogP contribution in [0.25, 0.3) is 0 Å². The lowest BCUT2D eigenvalue weighted by Crippen LogP contribution is -2.39. The van der Waals surface area contributed by atoms with E-state index in [0.29, 0.717) is 19.5 Å². The molecule has 0 atom stereocenters. The number of carbonyl (C=O) groups excluding carboxylic acids is 2. The SMILES string of the molecule is CNC(=O)CCN(C)C(=O)NCCCCCC(=O)O. The fourth-order valence-corrected chi connectivity index (χ4v) is 1.40. The largest absolute Gasteiger partial charge is 0.481 e. The van der Waals surface area contributed by atoms with Crippen molar-refractivity contribution in [2.24, 2.45) is 0 Å². The first kappa shape index (κ1) is 17.2. The minimum Gasteiger partial charge on any atom is -0.481 e. The Balaban J connectivity index is 3.56. The van der Waals surface area contributed by atoms with Gasteiger partial charge in [-0.2, -0.15) is 0 Å². The third-order valence-corrected chi connectivity index (χ3v) is 2.64. The summed E-state index contributed by atoms with van der Waals surface area (Å²) >= 11 is 0. The van der Waals surface area contributed by atoms with Crippen LogP contribution in [0.5, 0.6) is 0 Å². The highest BCUT2D eigenvalue weighted by Gasteiger charge is 2.09. The quantitative estimate of drug-likeness (QED) is 0.530. The topological polar surface area (TPSA) is 98.7 Å². The number of nitrogens with zero attached hydrogens (tertiary/aromatic N) is 1. The van der Waals surface area contributed by atoms with Crippen molar-refractivity contribution in [3.05, 3.63) is 0 Å². The highest BCUT2D eigenvalue weighted by atomic mass is 16.4. The molecule has 0 unspecified atom stereocenters. The van der Waals surface area contributed by atoms with Crippen LogP contribution in [0.2, 0.25) is 0 Å². The standard InChI is InChI=1S/C12H23N3O4/c1-13-10(16)7-9-15(2)12(19)14-8-5-3-4-6-11(17)18/h3-9H2,1-2H3,(H,13,16)(H,14,19)(H,17,18). The predicted octanol–water partition coefficient (Wildman–Crippen LogP) is 0.409. The van der Waals surface area contributed by atoms with E-state index >= 15 is 0 Å². The molecule has 7 nitrogen and oxygen atoms in total. The fourth-order valence-electron chi connectivity index (χ4n) is 1.40. The Bertz CT molecular complexity index is 307. The molecule has 0 aliphatic heterocycles. The molecule has 0 fully saturated rings. The summed E-state index contributed by atoms with van der Waals surface area (Å²) in [6, 6.07) is -0.220. The fraction of sp³-hybridized carbons (Fsp3) is 0.750. The molecule has 0 aromatic heterocycles. The van der Waals surface area contributed by atoms with Crippen molar-refractivity contribution in [1.29, 1.82) is 0 Å². The van der Waals surface area contributed by atoms with Crippen molar-refractivity contribution in [1.82, 2.24) is 15.5 Å². The second-order valence-corrected chi connectivity index (χ2v) is 4.28. The normalized spacial score (nSPS) is 9.79. The second kappa shape index (κ2) is 10.2. The van der Waals surface area contributed by atoms with Crippen LogP contribution in [0.3, 0.4) is 0 Å². The van der Waals surface area contributed by atoms with Crippen LogP contribution in [0.15, 0.2) is 0 Å². The van der Waals surface area contributed by atoms with Gasteiger partial charge in [0.05, 0.1) is 0 Å². The monoisotopic (exact) mass is 273 g/mol. The molecule has 7 heteroatoms. The molecule has 0 saturated heterocycles. The van der Waals surface area contributed by atoms with E-state index in [2.05, 4.69) is 10.6 Å². The molecule has 19 heavy (non-hydrogen) atoms. The van der Waals surface area contributed by atoms with E-state index in [9.17, 15) is 14.4 Å². The van der Waals surface area contributed by atoms with Crippen LogP contribution in [0.1, 0.15) is 32.1 Å². The van der Waals surface area contributed by atoms with Gasteiger partial charge in [-0.25, -0.2) is 4.79 Å². The Morgan fingerprint density at radius 3 is 2.37 bits per heavy atom. The Morgan fingerprint density at radius 1 is 1.11 bits per heavy atom. The molecular formula is C12H23N3O4. The number of urea groups is 1. The molecule has 0 bridgehead atoms. The number of rotatable bonds is 9. The maximum Gasteiger partial charge on any atom is 0.317 e. The molecule has 0 aliphatic carbocycles. The zero-order chi connectivity index (χ0) is 14.7. The molecule has 0 spiro atoms. The van der Waals surface area contributed by atoms with Crippen molar-refractivity contribution < 1.29 is 19.5 Å². The number of hydrogen-bond donors (Lipinski definition) is 3. The summed E-state index contributed by atoms with van der Waals surface area (Å²) in [5, 5.41) is 13.7. The highest BCUT2D eigenvalue weighted by molar-refractivity contribution is 5.77. The lowest BCUT2D eigenvalue weighted by Gasteiger charge is -2.17. The van der Waals surface area contributed by atoms with Gasteiger partial charge in [-0.3, -0.25) is 9.59 Å². The number of unbranched alkanes of at least 4 members (excludes halogenated alkanes) is 2. The molecule has 0 saturated carbocycles. The van der Waals surface area contributed by atoms with Crippen molar-refractivity contribution in [2.45, 2.75) is 32.1 Å². The molecule has 0 heterocycles. The van der Waals surface area contributed by atoms with Crippen molar-refractivity contribution in [3.63, 3.8) is 0 Å². The van der Waals surface area contributed by atoms with Gasteiger partial charge in [-0.1, -0.05) is 6.42 Å². The molecule has 0 rings (SSSR count). The van der Waals surface area contributed by atoms with Crippen LogP contribution in [-0.2, 0) is 9.59 Å². The van der Waals surface area contributed by atoms with E-state index in [1.54, 1.807) is 14.1 Å². The first-order valence-electron chi connectivity index (χ1n) is 6.38. The van der Waals surface area contributed by atoms with Gasteiger partial charge in [0.2, 0.25) is 5.91 Å². The van der Waals surface area contributed by atoms with Crippen molar-refractivity contribution in [3.8, 4) is 0 Å². The third kappa shape index (κ3) is 9.87. The van der Waals surface area contributed by atoms with E-state index in [1.165, 1.54) is 4.90 Å². The summed E-state index contributed by atoms with van der Waals surface area (Å²) < 4.78 is 0. The second-order valence-electron chi connectivity index (χ2n) is 4.28. The molecule has 3 N–H and O–H groups in total. The van der Waals surface area contributed by atoms with Gasteiger partial charge < -0.3 is 20.6 Å². The predicted molar refractivity (Wildman–Crippen MR) is 70.8 cm³/mol. The Labute approximate surface area is 113 Å². The van der Waals surface area contributed by atoms with Crippen molar-refractivity contribution >= 4 is 17.9 Å². The summed E-state index contributed by atoms with van der Waals surface area (Å²) in [6.45, 7) is 0.882. The lowest BCUT2D eigenvalue weighted by molar-refractivity contribution is -0.137. The van der Waals surface area contributed by atoms with Crippen LogP contribution in [0, 0.1) is 0 Å². The molecule has 0 aromatic carbocycles. The number of nitrogens with one attached hydrogen (secondary N) is 2. The van der Waals surface area contributed by atoms with E-state index in [4.69, 9.17) is 5.11 Å². The number of carboxylic acid groups (broad SMARTS) is 1. The van der Waals surface area contributed by atoms with Gasteiger partial charge in [-0.15, -0.1) is 0 Å². The molecule has 0 radical (unpaired) electrons. The number of carbonyl (C=O) groups is 3. The van der Waals surface area contributed by atoms with Gasteiger partial charge in [0.15, 0.2) is 0 Å². The molecule has 0 aromatic rings. The zero-order valence-corrected chi connectivity index (χ0v) is 11.6. The van der Waals surface area contributed by atoms with Crippen LogP contribution in [0.4, 0.5) is 4.79 Å². The smallest absolute Gasteiger partial charge is 0.317 e. The Kier molecular flexibility index (Phi) is 9.20. The minimum atomic E-state index is -0.794. The average molecular weight is 273 g/mol. The maximum atomic E-state index is 11.6. The van der Waals surface area contributed by atoms with Gasteiger partial charge in [0.25, 0.3) is 0 Å². The van der Waals surface area contributed by atoms with Gasteiger partial charge >= 0.3 is 12.0 Å². The van der Waals surface area contributed by atoms with Crippen LogP contribution < -0.4 is 10.6 Å². The average Bonchev–Trinajstić information content (AvgIpc) is 2.38. The molecule has 110 valence electrons.